The summed E-state index contributed by atoms with van der Waals surface area (Å²) in [5.41, 5.74) is -1.15. The second-order valence-electron chi connectivity index (χ2n) is 4.22. The van der Waals surface area contributed by atoms with Gasteiger partial charge in [-0.3, -0.25) is 0 Å². The van der Waals surface area contributed by atoms with Crippen LogP contribution in [0.4, 0.5) is 0 Å². The number of aldehydes is 1. The lowest BCUT2D eigenvalue weighted by molar-refractivity contribution is -0.120. The SMILES string of the molecule is C=CC1OC(C)(C)CC1(C=O)CO. The Labute approximate surface area is 78.4 Å². The van der Waals surface area contributed by atoms with Crippen LogP contribution in [0.3, 0.4) is 0 Å². The van der Waals surface area contributed by atoms with E-state index in [0.29, 0.717) is 6.42 Å². The van der Waals surface area contributed by atoms with Gasteiger partial charge in [-0.2, -0.15) is 0 Å². The van der Waals surface area contributed by atoms with Crippen molar-refractivity contribution in [3.05, 3.63) is 12.7 Å². The first kappa shape index (κ1) is 10.4. The van der Waals surface area contributed by atoms with Gasteiger partial charge in [-0.15, -0.1) is 6.58 Å². The van der Waals surface area contributed by atoms with Gasteiger partial charge < -0.3 is 14.6 Å². The summed E-state index contributed by atoms with van der Waals surface area (Å²) in [6.45, 7) is 7.23. The van der Waals surface area contributed by atoms with Crippen molar-refractivity contribution in [2.45, 2.75) is 32.0 Å². The van der Waals surface area contributed by atoms with Crippen LogP contribution in [0.15, 0.2) is 12.7 Å². The van der Waals surface area contributed by atoms with E-state index in [2.05, 4.69) is 6.58 Å². The first-order chi connectivity index (χ1) is 5.99. The number of hydrogen-bond donors (Lipinski definition) is 1. The zero-order valence-corrected chi connectivity index (χ0v) is 8.12. The van der Waals surface area contributed by atoms with Crippen LogP contribution in [0.5, 0.6) is 0 Å². The van der Waals surface area contributed by atoms with Gasteiger partial charge in [0.1, 0.15) is 6.29 Å². The Morgan fingerprint density at radius 3 is 2.62 bits per heavy atom. The molecule has 1 rings (SSSR count). The van der Waals surface area contributed by atoms with E-state index in [0.717, 1.165) is 6.29 Å². The lowest BCUT2D eigenvalue weighted by Gasteiger charge is -2.22. The number of rotatable bonds is 3. The molecule has 1 N–H and O–H groups in total. The Morgan fingerprint density at radius 1 is 1.69 bits per heavy atom. The summed E-state index contributed by atoms with van der Waals surface area (Å²) in [6.07, 6.45) is 2.54. The van der Waals surface area contributed by atoms with Crippen LogP contribution in [0, 0.1) is 5.41 Å². The summed E-state index contributed by atoms with van der Waals surface area (Å²) >= 11 is 0. The Kier molecular flexibility index (Phi) is 2.59. The molecule has 2 unspecified atom stereocenters. The van der Waals surface area contributed by atoms with Gasteiger partial charge in [-0.1, -0.05) is 6.08 Å². The Hall–Kier alpha value is -0.670. The molecule has 0 radical (unpaired) electrons. The van der Waals surface area contributed by atoms with Gasteiger partial charge in [-0.05, 0) is 20.3 Å². The molecule has 1 heterocycles. The van der Waals surface area contributed by atoms with Gasteiger partial charge >= 0.3 is 0 Å². The molecule has 1 saturated heterocycles. The monoisotopic (exact) mass is 184 g/mol. The summed E-state index contributed by atoms with van der Waals surface area (Å²) in [5.74, 6) is 0. The van der Waals surface area contributed by atoms with Gasteiger partial charge in [0.2, 0.25) is 0 Å². The van der Waals surface area contributed by atoms with E-state index in [-0.39, 0.29) is 18.3 Å². The average molecular weight is 184 g/mol. The molecule has 1 fully saturated rings. The average Bonchev–Trinajstić information content (AvgIpc) is 2.37. The van der Waals surface area contributed by atoms with E-state index < -0.39 is 5.41 Å². The fraction of sp³-hybridized carbons (Fsp3) is 0.700. The first-order valence-electron chi connectivity index (χ1n) is 4.37. The standard InChI is InChI=1S/C10H16O3/c1-4-8-10(6-11,7-12)5-9(2,3)13-8/h4,6,8,12H,1,5,7H2,2-3H3. The van der Waals surface area contributed by atoms with E-state index in [1.54, 1.807) is 6.08 Å². The van der Waals surface area contributed by atoms with Crippen molar-refractivity contribution < 1.29 is 14.6 Å². The topological polar surface area (TPSA) is 46.5 Å². The number of carbonyl (C=O) groups excluding carboxylic acids is 1. The van der Waals surface area contributed by atoms with E-state index in [9.17, 15) is 9.90 Å². The molecule has 0 amide bonds. The molecule has 3 nitrogen and oxygen atoms in total. The van der Waals surface area contributed by atoms with Crippen LogP contribution < -0.4 is 0 Å². The third kappa shape index (κ3) is 1.67. The maximum Gasteiger partial charge on any atom is 0.131 e. The maximum absolute atomic E-state index is 10.9. The molecule has 0 aliphatic carbocycles. The lowest BCUT2D eigenvalue weighted by Crippen LogP contribution is -2.34. The molecule has 2 atom stereocenters. The number of aliphatic hydroxyl groups is 1. The fourth-order valence-electron chi connectivity index (χ4n) is 1.97. The van der Waals surface area contributed by atoms with Crippen molar-refractivity contribution in [1.29, 1.82) is 0 Å². The fourth-order valence-corrected chi connectivity index (χ4v) is 1.97. The van der Waals surface area contributed by atoms with Gasteiger partial charge in [0, 0.05) is 0 Å². The highest BCUT2D eigenvalue weighted by Crippen LogP contribution is 2.42. The predicted molar refractivity (Wildman–Crippen MR) is 49.3 cm³/mol. The van der Waals surface area contributed by atoms with Gasteiger partial charge in [0.15, 0.2) is 0 Å². The van der Waals surface area contributed by atoms with Gasteiger partial charge in [-0.25, -0.2) is 0 Å². The molecule has 1 aliphatic rings. The minimum atomic E-state index is -0.786. The third-order valence-corrected chi connectivity index (χ3v) is 2.51. The molecule has 74 valence electrons. The molecular formula is C10H16O3. The highest BCUT2D eigenvalue weighted by Gasteiger charge is 2.50. The highest BCUT2D eigenvalue weighted by atomic mass is 16.5. The second-order valence-corrected chi connectivity index (χ2v) is 4.22. The molecule has 0 aromatic heterocycles. The Bertz CT molecular complexity index is 222. The molecule has 0 spiro atoms. The summed E-state index contributed by atoms with van der Waals surface area (Å²) in [7, 11) is 0. The Morgan fingerprint density at radius 2 is 2.31 bits per heavy atom. The molecule has 0 saturated carbocycles. The molecular weight excluding hydrogens is 168 g/mol. The van der Waals surface area contributed by atoms with Crippen molar-refractivity contribution in [3.8, 4) is 0 Å². The van der Waals surface area contributed by atoms with Crippen LogP contribution in [-0.2, 0) is 9.53 Å². The maximum atomic E-state index is 10.9. The summed E-state index contributed by atoms with van der Waals surface area (Å²) in [4.78, 5) is 10.9. The van der Waals surface area contributed by atoms with Crippen LogP contribution in [0.2, 0.25) is 0 Å². The minimum absolute atomic E-state index is 0.184. The zero-order chi connectivity index (χ0) is 10.1. The quantitative estimate of drug-likeness (QED) is 0.524. The summed E-state index contributed by atoms with van der Waals surface area (Å²) in [6, 6.07) is 0. The normalized spacial score (nSPS) is 37.3. The van der Waals surface area contributed by atoms with Crippen LogP contribution in [0.25, 0.3) is 0 Å². The largest absolute Gasteiger partial charge is 0.395 e. The first-order valence-corrected chi connectivity index (χ1v) is 4.37. The van der Waals surface area contributed by atoms with Crippen molar-refractivity contribution in [1.82, 2.24) is 0 Å². The van der Waals surface area contributed by atoms with Crippen LogP contribution in [0.1, 0.15) is 20.3 Å². The molecule has 3 heteroatoms. The number of ether oxygens (including phenoxy) is 1. The van der Waals surface area contributed by atoms with Crippen LogP contribution >= 0.6 is 0 Å². The molecule has 13 heavy (non-hydrogen) atoms. The predicted octanol–water partition coefficient (Wildman–Crippen LogP) is 0.917. The molecule has 0 aromatic rings. The molecule has 0 aromatic carbocycles. The van der Waals surface area contributed by atoms with Gasteiger partial charge in [0.05, 0.1) is 23.7 Å². The molecule has 1 aliphatic heterocycles. The van der Waals surface area contributed by atoms with Gasteiger partial charge in [0.25, 0.3) is 0 Å². The van der Waals surface area contributed by atoms with E-state index >= 15 is 0 Å². The Balaban J connectivity index is 2.96. The van der Waals surface area contributed by atoms with Crippen molar-refractivity contribution in [2.75, 3.05) is 6.61 Å². The van der Waals surface area contributed by atoms with Crippen molar-refractivity contribution >= 4 is 6.29 Å². The van der Waals surface area contributed by atoms with E-state index in [1.165, 1.54) is 0 Å². The smallest absolute Gasteiger partial charge is 0.131 e. The summed E-state index contributed by atoms with van der Waals surface area (Å²) in [5, 5.41) is 9.19. The molecule has 0 bridgehead atoms. The van der Waals surface area contributed by atoms with E-state index in [4.69, 9.17) is 4.74 Å². The number of aliphatic hydroxyl groups excluding tert-OH is 1. The number of carbonyl (C=O) groups is 1. The minimum Gasteiger partial charge on any atom is -0.395 e. The van der Waals surface area contributed by atoms with Crippen molar-refractivity contribution in [2.24, 2.45) is 5.41 Å². The van der Waals surface area contributed by atoms with Crippen molar-refractivity contribution in [3.63, 3.8) is 0 Å². The van der Waals surface area contributed by atoms with Crippen LogP contribution in [-0.4, -0.2) is 29.7 Å². The summed E-state index contributed by atoms with van der Waals surface area (Å²) < 4.78 is 5.59. The lowest BCUT2D eigenvalue weighted by atomic mass is 9.79. The highest BCUT2D eigenvalue weighted by molar-refractivity contribution is 5.62. The van der Waals surface area contributed by atoms with E-state index in [1.807, 2.05) is 13.8 Å². The third-order valence-electron chi connectivity index (χ3n) is 2.51. The zero-order valence-electron chi connectivity index (χ0n) is 8.12. The second kappa shape index (κ2) is 3.24. The number of hydrogen-bond acceptors (Lipinski definition) is 3.